The van der Waals surface area contributed by atoms with E-state index < -0.39 is 0 Å². The van der Waals surface area contributed by atoms with Crippen molar-refractivity contribution >= 4 is 5.78 Å². The molecule has 0 saturated heterocycles. The summed E-state index contributed by atoms with van der Waals surface area (Å²) in [5.74, 6) is 1.04. The van der Waals surface area contributed by atoms with E-state index in [0.717, 1.165) is 5.56 Å². The second-order valence-corrected chi connectivity index (χ2v) is 6.39. The van der Waals surface area contributed by atoms with E-state index in [-0.39, 0.29) is 5.78 Å². The zero-order chi connectivity index (χ0) is 19.6. The van der Waals surface area contributed by atoms with Crippen LogP contribution in [0.1, 0.15) is 21.5 Å². The summed E-state index contributed by atoms with van der Waals surface area (Å²) in [4.78, 5) is 12.8. The van der Waals surface area contributed by atoms with Crippen LogP contribution in [-0.2, 0) is 14.2 Å². The molecule has 6 heteroatoms. The Morgan fingerprint density at radius 2 is 1.14 bits per heavy atom. The van der Waals surface area contributed by atoms with Crippen LogP contribution in [0.2, 0.25) is 0 Å². The summed E-state index contributed by atoms with van der Waals surface area (Å²) in [5.41, 5.74) is 2.30. The smallest absolute Gasteiger partial charge is 0.193 e. The molecule has 28 heavy (non-hydrogen) atoms. The molecule has 0 N–H and O–H groups in total. The molecular formula is C22H26O6. The Labute approximate surface area is 165 Å². The zero-order valence-corrected chi connectivity index (χ0v) is 16.1. The highest BCUT2D eigenvalue weighted by Gasteiger charge is 2.14. The van der Waals surface area contributed by atoms with Crippen molar-refractivity contribution in [2.45, 2.75) is 6.92 Å². The van der Waals surface area contributed by atoms with Crippen molar-refractivity contribution in [3.63, 3.8) is 0 Å². The van der Waals surface area contributed by atoms with Crippen LogP contribution in [-0.4, -0.2) is 58.6 Å². The number of hydrogen-bond donors (Lipinski definition) is 0. The van der Waals surface area contributed by atoms with E-state index in [2.05, 4.69) is 0 Å². The standard InChI is InChI=1S/C22H26O6/c1-17-2-4-18(5-3-17)22(23)19-6-7-20-21(16-19)28-15-13-26-11-9-24-8-10-25-12-14-27-20/h2-7,16H,8-15H2,1H3. The summed E-state index contributed by atoms with van der Waals surface area (Å²) in [6, 6.07) is 12.8. The Balaban J connectivity index is 1.74. The van der Waals surface area contributed by atoms with Gasteiger partial charge >= 0.3 is 0 Å². The molecule has 6 nitrogen and oxygen atoms in total. The van der Waals surface area contributed by atoms with E-state index in [9.17, 15) is 4.79 Å². The lowest BCUT2D eigenvalue weighted by Gasteiger charge is -2.14. The van der Waals surface area contributed by atoms with Crippen molar-refractivity contribution in [2.24, 2.45) is 0 Å². The summed E-state index contributed by atoms with van der Waals surface area (Å²) in [7, 11) is 0. The third-order valence-electron chi connectivity index (χ3n) is 4.23. The maximum Gasteiger partial charge on any atom is 0.193 e. The number of ether oxygens (including phenoxy) is 5. The fourth-order valence-corrected chi connectivity index (χ4v) is 2.72. The molecule has 150 valence electrons. The van der Waals surface area contributed by atoms with Gasteiger partial charge in [0.25, 0.3) is 0 Å². The molecule has 0 atom stereocenters. The minimum atomic E-state index is -0.0565. The normalized spacial score (nSPS) is 16.6. The number of fused-ring (bicyclic) bond motifs is 1. The van der Waals surface area contributed by atoms with Crippen LogP contribution in [0.5, 0.6) is 11.5 Å². The highest BCUT2D eigenvalue weighted by atomic mass is 16.6. The topological polar surface area (TPSA) is 63.2 Å². The lowest BCUT2D eigenvalue weighted by Crippen LogP contribution is -2.13. The molecule has 1 heterocycles. The molecule has 2 aromatic carbocycles. The van der Waals surface area contributed by atoms with E-state index in [1.54, 1.807) is 18.2 Å². The average molecular weight is 386 g/mol. The highest BCUT2D eigenvalue weighted by Crippen LogP contribution is 2.29. The van der Waals surface area contributed by atoms with Crippen LogP contribution in [0.25, 0.3) is 0 Å². The Bertz CT molecular complexity index is 756. The Kier molecular flexibility index (Phi) is 7.84. The largest absolute Gasteiger partial charge is 0.487 e. The minimum absolute atomic E-state index is 0.0565. The quantitative estimate of drug-likeness (QED) is 0.740. The Hall–Kier alpha value is -2.41. The Morgan fingerprint density at radius 3 is 1.75 bits per heavy atom. The molecular weight excluding hydrogens is 360 g/mol. The number of rotatable bonds is 2. The van der Waals surface area contributed by atoms with Gasteiger partial charge < -0.3 is 23.7 Å². The average Bonchev–Trinajstić information content (AvgIpc) is 2.72. The first kappa shape index (κ1) is 20.3. The fraction of sp³-hybridized carbons (Fsp3) is 0.409. The van der Waals surface area contributed by atoms with Gasteiger partial charge in [0.1, 0.15) is 13.2 Å². The van der Waals surface area contributed by atoms with Crippen molar-refractivity contribution in [1.29, 1.82) is 0 Å². The molecule has 0 fully saturated rings. The molecule has 0 bridgehead atoms. The summed E-state index contributed by atoms with van der Waals surface area (Å²) < 4.78 is 27.9. The van der Waals surface area contributed by atoms with Gasteiger partial charge in [0.15, 0.2) is 17.3 Å². The molecule has 0 aliphatic carbocycles. The van der Waals surface area contributed by atoms with Crippen molar-refractivity contribution in [3.8, 4) is 11.5 Å². The zero-order valence-electron chi connectivity index (χ0n) is 16.1. The van der Waals surface area contributed by atoms with Gasteiger partial charge in [-0.1, -0.05) is 29.8 Å². The number of aryl methyl sites for hydroxylation is 1. The van der Waals surface area contributed by atoms with Crippen molar-refractivity contribution in [1.82, 2.24) is 0 Å². The van der Waals surface area contributed by atoms with Gasteiger partial charge in [-0.15, -0.1) is 0 Å². The predicted octanol–water partition coefficient (Wildman–Crippen LogP) is 3.05. The van der Waals surface area contributed by atoms with Crippen molar-refractivity contribution < 1.29 is 28.5 Å². The van der Waals surface area contributed by atoms with E-state index in [1.165, 1.54) is 0 Å². The SMILES string of the molecule is Cc1ccc(C(=O)c2ccc3c(c2)OCCOCCOCCOCCO3)cc1. The molecule has 0 unspecified atom stereocenters. The van der Waals surface area contributed by atoms with E-state index in [1.807, 2.05) is 31.2 Å². The molecule has 1 aliphatic heterocycles. The Morgan fingerprint density at radius 1 is 0.643 bits per heavy atom. The second-order valence-electron chi connectivity index (χ2n) is 6.39. The number of benzene rings is 2. The first-order chi connectivity index (χ1) is 13.7. The molecule has 0 spiro atoms. The minimum Gasteiger partial charge on any atom is -0.487 e. The van der Waals surface area contributed by atoms with Crippen LogP contribution in [0, 0.1) is 6.92 Å². The summed E-state index contributed by atoms with van der Waals surface area (Å²) >= 11 is 0. The van der Waals surface area contributed by atoms with Crippen LogP contribution < -0.4 is 9.47 Å². The van der Waals surface area contributed by atoms with Crippen LogP contribution >= 0.6 is 0 Å². The monoisotopic (exact) mass is 386 g/mol. The lowest BCUT2D eigenvalue weighted by atomic mass is 10.0. The third-order valence-corrected chi connectivity index (χ3v) is 4.23. The van der Waals surface area contributed by atoms with Gasteiger partial charge in [-0.2, -0.15) is 0 Å². The molecule has 2 aromatic rings. The molecule has 0 aromatic heterocycles. The maximum absolute atomic E-state index is 12.8. The number of ketones is 1. The summed E-state index contributed by atoms with van der Waals surface area (Å²) in [5, 5.41) is 0. The second kappa shape index (κ2) is 10.8. The summed E-state index contributed by atoms with van der Waals surface area (Å²) in [6.07, 6.45) is 0. The third kappa shape index (κ3) is 6.05. The number of hydrogen-bond acceptors (Lipinski definition) is 6. The van der Waals surface area contributed by atoms with Gasteiger partial charge in [0.05, 0.1) is 39.6 Å². The first-order valence-corrected chi connectivity index (χ1v) is 9.48. The van der Waals surface area contributed by atoms with Crippen molar-refractivity contribution in [2.75, 3.05) is 52.9 Å². The number of carbonyl (C=O) groups is 1. The first-order valence-electron chi connectivity index (χ1n) is 9.48. The maximum atomic E-state index is 12.8. The van der Waals surface area contributed by atoms with Gasteiger partial charge in [-0.3, -0.25) is 4.79 Å². The van der Waals surface area contributed by atoms with Gasteiger partial charge in [-0.25, -0.2) is 0 Å². The van der Waals surface area contributed by atoms with E-state index in [0.29, 0.717) is 75.5 Å². The van der Waals surface area contributed by atoms with Gasteiger partial charge in [0, 0.05) is 11.1 Å². The van der Waals surface area contributed by atoms with Crippen LogP contribution in [0.3, 0.4) is 0 Å². The molecule has 1 aliphatic rings. The molecule has 3 rings (SSSR count). The fourth-order valence-electron chi connectivity index (χ4n) is 2.72. The summed E-state index contributed by atoms with van der Waals surface area (Å²) in [6.45, 7) is 5.67. The lowest BCUT2D eigenvalue weighted by molar-refractivity contribution is 0.00708. The highest BCUT2D eigenvalue weighted by molar-refractivity contribution is 6.09. The van der Waals surface area contributed by atoms with Gasteiger partial charge in [-0.05, 0) is 25.1 Å². The number of carbonyl (C=O) groups excluding carboxylic acids is 1. The van der Waals surface area contributed by atoms with Crippen molar-refractivity contribution in [3.05, 3.63) is 59.2 Å². The van der Waals surface area contributed by atoms with Crippen LogP contribution in [0.15, 0.2) is 42.5 Å². The predicted molar refractivity (Wildman–Crippen MR) is 105 cm³/mol. The molecule has 0 amide bonds. The molecule has 0 saturated carbocycles. The van der Waals surface area contributed by atoms with E-state index in [4.69, 9.17) is 23.7 Å². The van der Waals surface area contributed by atoms with E-state index >= 15 is 0 Å². The van der Waals surface area contributed by atoms with Gasteiger partial charge in [0.2, 0.25) is 0 Å². The van der Waals surface area contributed by atoms with Crippen LogP contribution in [0.4, 0.5) is 0 Å². The molecule has 0 radical (unpaired) electrons.